The van der Waals surface area contributed by atoms with Crippen molar-refractivity contribution in [3.63, 3.8) is 0 Å². The van der Waals surface area contributed by atoms with E-state index in [9.17, 15) is 22.8 Å². The molecule has 0 spiro atoms. The molecule has 1 amide bonds. The monoisotopic (exact) mass is 555 g/mol. The molecule has 5 rings (SSSR count). The summed E-state index contributed by atoms with van der Waals surface area (Å²) < 4.78 is 46.3. The third-order valence-electron chi connectivity index (χ3n) is 8.20. The molecule has 2 aliphatic rings. The number of fused-ring (bicyclic) bond motifs is 1. The van der Waals surface area contributed by atoms with Gasteiger partial charge in [0.05, 0.1) is 17.2 Å². The molecule has 3 aromatic rings. The Morgan fingerprint density at radius 2 is 1.73 bits per heavy atom. The summed E-state index contributed by atoms with van der Waals surface area (Å²) in [4.78, 5) is 27.5. The van der Waals surface area contributed by atoms with Crippen LogP contribution >= 0.6 is 0 Å². The van der Waals surface area contributed by atoms with Gasteiger partial charge in [-0.1, -0.05) is 0 Å². The lowest BCUT2D eigenvalue weighted by Gasteiger charge is -2.32. The molecule has 2 fully saturated rings. The van der Waals surface area contributed by atoms with Gasteiger partial charge in [0.2, 0.25) is 0 Å². The van der Waals surface area contributed by atoms with Crippen LogP contribution in [0, 0.1) is 18.8 Å². The van der Waals surface area contributed by atoms with Crippen molar-refractivity contribution in [2.45, 2.75) is 71.2 Å². The number of carbonyl (C=O) groups is 2. The van der Waals surface area contributed by atoms with Crippen LogP contribution in [-0.4, -0.2) is 52.2 Å². The van der Waals surface area contributed by atoms with E-state index in [0.29, 0.717) is 44.3 Å². The summed E-state index contributed by atoms with van der Waals surface area (Å²) in [6.07, 6.45) is 2.90. The number of ether oxygens (including phenoxy) is 1. The molecule has 1 saturated carbocycles. The lowest BCUT2D eigenvalue weighted by molar-refractivity contribution is -0.137. The highest BCUT2D eigenvalue weighted by Crippen LogP contribution is 2.31. The second-order valence-electron chi connectivity index (χ2n) is 11.4. The van der Waals surface area contributed by atoms with Crippen LogP contribution in [0.1, 0.15) is 77.3 Å². The van der Waals surface area contributed by atoms with Gasteiger partial charge in [-0.05, 0) is 99.7 Å². The zero-order chi connectivity index (χ0) is 28.4. The Kier molecular flexibility index (Phi) is 8.31. The molecule has 1 saturated heterocycles. The van der Waals surface area contributed by atoms with Gasteiger partial charge in [-0.25, -0.2) is 0 Å². The summed E-state index contributed by atoms with van der Waals surface area (Å²) in [5.74, 6) is 0.916. The van der Waals surface area contributed by atoms with E-state index in [0.717, 1.165) is 53.6 Å². The van der Waals surface area contributed by atoms with Crippen LogP contribution in [0.15, 0.2) is 42.6 Å². The first kappa shape index (κ1) is 28.3. The molecule has 2 heterocycles. The summed E-state index contributed by atoms with van der Waals surface area (Å²) in [7, 11) is 0. The average Bonchev–Trinajstić information content (AvgIpc) is 3.68. The minimum absolute atomic E-state index is 0.0768. The number of nitrogens with zero attached hydrogens (tertiary/aromatic N) is 3. The first-order valence-corrected chi connectivity index (χ1v) is 14.2. The molecule has 9 heteroatoms. The Bertz CT molecular complexity index is 1350. The van der Waals surface area contributed by atoms with Crippen LogP contribution in [0.25, 0.3) is 10.9 Å². The van der Waals surface area contributed by atoms with Gasteiger partial charge in [0.1, 0.15) is 0 Å². The van der Waals surface area contributed by atoms with Gasteiger partial charge in [-0.2, -0.15) is 18.3 Å². The van der Waals surface area contributed by atoms with Gasteiger partial charge in [-0.15, -0.1) is 0 Å². The van der Waals surface area contributed by atoms with Gasteiger partial charge in [0, 0.05) is 55.4 Å². The molecule has 1 aliphatic carbocycles. The number of Topliss-reactive ketones (excluding diaryl/α,β-unsaturated/α-hetero) is 1. The summed E-state index contributed by atoms with van der Waals surface area (Å²) in [5.41, 5.74) is 2.04. The van der Waals surface area contributed by atoms with Crippen molar-refractivity contribution in [3.05, 3.63) is 64.8 Å². The lowest BCUT2D eigenvalue weighted by Crippen LogP contribution is -2.39. The van der Waals surface area contributed by atoms with Crippen molar-refractivity contribution in [1.29, 1.82) is 0 Å². The molecule has 1 aromatic heterocycles. The fourth-order valence-corrected chi connectivity index (χ4v) is 5.38. The number of aromatic nitrogens is 2. The molecule has 0 N–H and O–H groups in total. The van der Waals surface area contributed by atoms with Crippen molar-refractivity contribution in [2.75, 3.05) is 19.7 Å². The predicted molar refractivity (Wildman–Crippen MR) is 146 cm³/mol. The number of amides is 1. The third-order valence-corrected chi connectivity index (χ3v) is 8.20. The molecule has 0 radical (unpaired) electrons. The van der Waals surface area contributed by atoms with Crippen molar-refractivity contribution < 1.29 is 27.5 Å². The summed E-state index contributed by atoms with van der Waals surface area (Å²) >= 11 is 0. The fraction of sp³-hybridized carbons (Fsp3) is 0.516. The molecule has 0 bridgehead atoms. The Balaban J connectivity index is 1.14. The van der Waals surface area contributed by atoms with Gasteiger partial charge < -0.3 is 9.64 Å². The Morgan fingerprint density at radius 3 is 2.38 bits per heavy atom. The lowest BCUT2D eigenvalue weighted by atomic mass is 9.96. The standard InChI is InChI=1S/C31H36F3N3O3/c1-20(40-19-23-4-5-23)3-12-29(38)26-10-11-28-27(21(26)2)18-37(35-28)17-22-13-15-36(16-14-22)30(39)24-6-8-25(9-7-24)31(32,33)34/h6-11,18,20,22-23H,3-5,12-17,19H2,1-2H3. The number of carbonyl (C=O) groups excluding carboxylic acids is 2. The topological polar surface area (TPSA) is 64.4 Å². The van der Waals surface area contributed by atoms with Crippen LogP contribution in [0.4, 0.5) is 13.2 Å². The van der Waals surface area contributed by atoms with Gasteiger partial charge in [0.25, 0.3) is 5.91 Å². The number of hydrogen-bond acceptors (Lipinski definition) is 4. The Hall–Kier alpha value is -3.20. The number of alkyl halides is 3. The predicted octanol–water partition coefficient (Wildman–Crippen LogP) is 6.69. The van der Waals surface area contributed by atoms with Gasteiger partial charge >= 0.3 is 6.18 Å². The highest BCUT2D eigenvalue weighted by Gasteiger charge is 2.31. The summed E-state index contributed by atoms with van der Waals surface area (Å²) in [6, 6.07) is 8.18. The maximum atomic E-state index is 13.0. The molecular weight excluding hydrogens is 519 g/mol. The van der Waals surface area contributed by atoms with Gasteiger partial charge in [-0.3, -0.25) is 14.3 Å². The maximum Gasteiger partial charge on any atom is 0.416 e. The van der Waals surface area contributed by atoms with E-state index in [4.69, 9.17) is 9.84 Å². The number of hydrogen-bond donors (Lipinski definition) is 0. The SMILES string of the molecule is Cc1c(C(=O)CCC(C)OCC2CC2)ccc2nn(CC3CCN(C(=O)c4ccc(C(F)(F)F)cc4)CC3)cc12. The molecule has 2 aromatic carbocycles. The largest absolute Gasteiger partial charge is 0.416 e. The maximum absolute atomic E-state index is 13.0. The summed E-state index contributed by atoms with van der Waals surface area (Å²) in [6.45, 7) is 6.60. The van der Waals surface area contributed by atoms with Crippen LogP contribution in [0.2, 0.25) is 0 Å². The van der Waals surface area contributed by atoms with E-state index in [1.807, 2.05) is 36.9 Å². The molecular formula is C31H36F3N3O3. The first-order chi connectivity index (χ1) is 19.1. The number of piperidine rings is 1. The van der Waals surface area contributed by atoms with E-state index in [1.165, 1.54) is 25.0 Å². The summed E-state index contributed by atoms with van der Waals surface area (Å²) in [5, 5.41) is 5.70. The minimum atomic E-state index is -4.42. The van der Waals surface area contributed by atoms with Crippen molar-refractivity contribution in [3.8, 4) is 0 Å². The Labute approximate surface area is 232 Å². The quantitative estimate of drug-likeness (QED) is 0.261. The van der Waals surface area contributed by atoms with Crippen LogP contribution in [-0.2, 0) is 17.5 Å². The normalized spacial score (nSPS) is 17.4. The third kappa shape index (κ3) is 6.74. The van der Waals surface area contributed by atoms with E-state index in [1.54, 1.807) is 4.90 Å². The number of halogens is 3. The van der Waals surface area contributed by atoms with E-state index in [2.05, 4.69) is 0 Å². The average molecular weight is 556 g/mol. The van der Waals surface area contributed by atoms with Crippen molar-refractivity contribution in [1.82, 2.24) is 14.7 Å². The molecule has 214 valence electrons. The first-order valence-electron chi connectivity index (χ1n) is 14.2. The number of ketones is 1. The number of benzene rings is 2. The zero-order valence-corrected chi connectivity index (χ0v) is 23.0. The molecule has 1 atom stereocenters. The fourth-order valence-electron chi connectivity index (χ4n) is 5.38. The van der Waals surface area contributed by atoms with E-state index < -0.39 is 11.7 Å². The molecule has 6 nitrogen and oxygen atoms in total. The second kappa shape index (κ2) is 11.7. The highest BCUT2D eigenvalue weighted by atomic mass is 19.4. The van der Waals surface area contributed by atoms with E-state index >= 15 is 0 Å². The van der Waals surface area contributed by atoms with Crippen molar-refractivity contribution >= 4 is 22.6 Å². The smallest absolute Gasteiger partial charge is 0.378 e. The number of aryl methyl sites for hydroxylation is 1. The number of likely N-dealkylation sites (tertiary alicyclic amines) is 1. The minimum Gasteiger partial charge on any atom is -0.378 e. The molecule has 1 unspecified atom stereocenters. The van der Waals surface area contributed by atoms with Crippen LogP contribution < -0.4 is 0 Å². The van der Waals surface area contributed by atoms with Gasteiger partial charge in [0.15, 0.2) is 5.78 Å². The number of rotatable bonds is 10. The van der Waals surface area contributed by atoms with Crippen LogP contribution in [0.5, 0.6) is 0 Å². The Morgan fingerprint density at radius 1 is 1.02 bits per heavy atom. The second-order valence-corrected chi connectivity index (χ2v) is 11.4. The molecule has 40 heavy (non-hydrogen) atoms. The highest BCUT2D eigenvalue weighted by molar-refractivity contribution is 6.01. The zero-order valence-electron chi connectivity index (χ0n) is 23.0. The van der Waals surface area contributed by atoms with E-state index in [-0.39, 0.29) is 23.4 Å². The van der Waals surface area contributed by atoms with Crippen LogP contribution in [0.3, 0.4) is 0 Å². The van der Waals surface area contributed by atoms with Crippen molar-refractivity contribution in [2.24, 2.45) is 11.8 Å². The molecule has 1 aliphatic heterocycles.